The molecule has 2 rings (SSSR count). The number of ether oxygens (including phenoxy) is 1. The molecule has 2 N–H and O–H groups in total. The second kappa shape index (κ2) is 7.76. The monoisotopic (exact) mass is 297 g/mol. The van der Waals surface area contributed by atoms with E-state index in [-0.39, 0.29) is 12.1 Å². The zero-order valence-electron chi connectivity index (χ0n) is 13.2. The highest BCUT2D eigenvalue weighted by atomic mass is 16.5. The molecule has 2 aromatic rings. The molecule has 0 amide bonds. The number of nitrogens with two attached hydrogens (primary N) is 1. The number of aryl methyl sites for hydroxylation is 1. The van der Waals surface area contributed by atoms with E-state index in [2.05, 4.69) is 24.3 Å². The highest BCUT2D eigenvalue weighted by Gasteiger charge is 2.09. The van der Waals surface area contributed by atoms with Crippen LogP contribution in [0.2, 0.25) is 0 Å². The molecule has 116 valence electrons. The predicted octanol–water partition coefficient (Wildman–Crippen LogP) is 3.81. The molecule has 0 fully saturated rings. The molecule has 0 atom stereocenters. The highest BCUT2D eigenvalue weighted by Crippen LogP contribution is 2.22. The summed E-state index contributed by atoms with van der Waals surface area (Å²) in [5.74, 6) is -0.279. The number of benzene rings is 2. The fraction of sp³-hybridized carbons (Fsp3) is 0.316. The molecule has 0 saturated carbocycles. The van der Waals surface area contributed by atoms with Crippen molar-refractivity contribution in [3.63, 3.8) is 0 Å². The number of carbonyl (C=O) groups is 1. The van der Waals surface area contributed by atoms with Gasteiger partial charge in [0, 0.05) is 0 Å². The molecule has 0 aromatic heterocycles. The van der Waals surface area contributed by atoms with Crippen molar-refractivity contribution in [3.05, 3.63) is 59.7 Å². The summed E-state index contributed by atoms with van der Waals surface area (Å²) in [4.78, 5) is 11.8. The molecule has 22 heavy (non-hydrogen) atoms. The molecule has 0 spiro atoms. The average Bonchev–Trinajstić information content (AvgIpc) is 2.53. The molecular formula is C19H23NO2. The Morgan fingerprint density at radius 1 is 1.09 bits per heavy atom. The zero-order valence-corrected chi connectivity index (χ0v) is 13.2. The Labute approximate surface area is 132 Å². The van der Waals surface area contributed by atoms with Gasteiger partial charge >= 0.3 is 5.97 Å². The Morgan fingerprint density at radius 3 is 2.45 bits per heavy atom. The number of rotatable bonds is 6. The van der Waals surface area contributed by atoms with E-state index in [1.54, 1.807) is 0 Å². The third-order valence-corrected chi connectivity index (χ3v) is 3.39. The van der Waals surface area contributed by atoms with Gasteiger partial charge in [-0.2, -0.15) is 0 Å². The lowest BCUT2D eigenvalue weighted by atomic mass is 10.00. The van der Waals surface area contributed by atoms with Crippen molar-refractivity contribution in [2.24, 2.45) is 5.73 Å². The lowest BCUT2D eigenvalue weighted by Crippen LogP contribution is -2.11. The Morgan fingerprint density at radius 2 is 1.82 bits per heavy atom. The fourth-order valence-electron chi connectivity index (χ4n) is 2.29. The number of esters is 1. The largest absolute Gasteiger partial charge is 0.459 e. The average molecular weight is 297 g/mol. The molecule has 0 aliphatic carbocycles. The molecule has 3 heteroatoms. The standard InChI is InChI=1S/C19H23NO2/c1-14(2)22-19(21)17-10-8-16(9-11-17)18-7-3-5-15(13-18)6-4-12-20/h3,5,7-11,13-14H,4,6,12,20H2,1-2H3. The van der Waals surface area contributed by atoms with Crippen LogP contribution in [-0.2, 0) is 11.2 Å². The molecule has 0 saturated heterocycles. The predicted molar refractivity (Wildman–Crippen MR) is 89.8 cm³/mol. The van der Waals surface area contributed by atoms with E-state index in [0.29, 0.717) is 12.1 Å². The van der Waals surface area contributed by atoms with E-state index < -0.39 is 0 Å². The molecule has 0 heterocycles. The van der Waals surface area contributed by atoms with E-state index in [1.807, 2.05) is 38.1 Å². The molecule has 0 radical (unpaired) electrons. The summed E-state index contributed by atoms with van der Waals surface area (Å²) >= 11 is 0. The van der Waals surface area contributed by atoms with Gasteiger partial charge < -0.3 is 10.5 Å². The summed E-state index contributed by atoms with van der Waals surface area (Å²) in [6.45, 7) is 4.40. The minimum Gasteiger partial charge on any atom is -0.459 e. The van der Waals surface area contributed by atoms with Crippen LogP contribution in [0, 0.1) is 0 Å². The SMILES string of the molecule is CC(C)OC(=O)c1ccc(-c2cccc(CCCN)c2)cc1. The Balaban J connectivity index is 2.14. The van der Waals surface area contributed by atoms with Crippen LogP contribution in [0.15, 0.2) is 48.5 Å². The van der Waals surface area contributed by atoms with Gasteiger partial charge in [-0.3, -0.25) is 0 Å². The van der Waals surface area contributed by atoms with Crippen LogP contribution >= 0.6 is 0 Å². The van der Waals surface area contributed by atoms with Crippen molar-refractivity contribution in [2.75, 3.05) is 6.54 Å². The van der Waals surface area contributed by atoms with Gasteiger partial charge in [-0.1, -0.05) is 36.4 Å². The quantitative estimate of drug-likeness (QED) is 0.825. The molecule has 3 nitrogen and oxygen atoms in total. The van der Waals surface area contributed by atoms with Gasteiger partial charge in [0.15, 0.2) is 0 Å². The first-order valence-corrected chi connectivity index (χ1v) is 7.70. The van der Waals surface area contributed by atoms with E-state index >= 15 is 0 Å². The summed E-state index contributed by atoms with van der Waals surface area (Å²) in [5, 5.41) is 0. The summed E-state index contributed by atoms with van der Waals surface area (Å²) in [7, 11) is 0. The molecule has 0 aliphatic rings. The van der Waals surface area contributed by atoms with Crippen LogP contribution in [0.1, 0.15) is 36.2 Å². The second-order valence-electron chi connectivity index (χ2n) is 5.62. The third-order valence-electron chi connectivity index (χ3n) is 3.39. The number of carbonyl (C=O) groups excluding carboxylic acids is 1. The van der Waals surface area contributed by atoms with E-state index in [9.17, 15) is 4.79 Å². The van der Waals surface area contributed by atoms with Gasteiger partial charge in [-0.15, -0.1) is 0 Å². The van der Waals surface area contributed by atoms with Crippen molar-refractivity contribution in [1.29, 1.82) is 0 Å². The minimum atomic E-state index is -0.279. The lowest BCUT2D eigenvalue weighted by Gasteiger charge is -2.09. The first kappa shape index (κ1) is 16.2. The van der Waals surface area contributed by atoms with Crippen LogP contribution in [0.3, 0.4) is 0 Å². The third kappa shape index (κ3) is 4.43. The summed E-state index contributed by atoms with van der Waals surface area (Å²) < 4.78 is 5.19. The van der Waals surface area contributed by atoms with Crippen molar-refractivity contribution in [3.8, 4) is 11.1 Å². The van der Waals surface area contributed by atoms with Crippen molar-refractivity contribution in [2.45, 2.75) is 32.8 Å². The molecular weight excluding hydrogens is 274 g/mol. The van der Waals surface area contributed by atoms with Gasteiger partial charge in [-0.05, 0) is 62.1 Å². The van der Waals surface area contributed by atoms with Gasteiger partial charge in [0.2, 0.25) is 0 Å². The zero-order chi connectivity index (χ0) is 15.9. The Bertz CT molecular complexity index is 618. The van der Waals surface area contributed by atoms with Gasteiger partial charge in [-0.25, -0.2) is 4.79 Å². The second-order valence-corrected chi connectivity index (χ2v) is 5.62. The van der Waals surface area contributed by atoms with Crippen molar-refractivity contribution < 1.29 is 9.53 Å². The van der Waals surface area contributed by atoms with Crippen LogP contribution in [0.25, 0.3) is 11.1 Å². The summed E-state index contributed by atoms with van der Waals surface area (Å²) in [5.41, 5.74) is 9.67. The van der Waals surface area contributed by atoms with Gasteiger partial charge in [0.1, 0.15) is 0 Å². The van der Waals surface area contributed by atoms with Crippen LogP contribution in [0.4, 0.5) is 0 Å². The molecule has 0 bridgehead atoms. The molecule has 0 aliphatic heterocycles. The molecule has 2 aromatic carbocycles. The summed E-state index contributed by atoms with van der Waals surface area (Å²) in [6.07, 6.45) is 1.87. The topological polar surface area (TPSA) is 52.3 Å². The fourth-order valence-corrected chi connectivity index (χ4v) is 2.29. The van der Waals surface area contributed by atoms with Crippen LogP contribution < -0.4 is 5.73 Å². The summed E-state index contributed by atoms with van der Waals surface area (Å²) in [6, 6.07) is 16.0. The first-order valence-electron chi connectivity index (χ1n) is 7.70. The normalized spacial score (nSPS) is 10.7. The van der Waals surface area contributed by atoms with Crippen LogP contribution in [0.5, 0.6) is 0 Å². The van der Waals surface area contributed by atoms with Crippen molar-refractivity contribution >= 4 is 5.97 Å². The van der Waals surface area contributed by atoms with E-state index in [1.165, 1.54) is 5.56 Å². The maximum absolute atomic E-state index is 11.8. The first-order chi connectivity index (χ1) is 10.6. The Kier molecular flexibility index (Phi) is 5.73. The number of hydrogen-bond donors (Lipinski definition) is 1. The van der Waals surface area contributed by atoms with Gasteiger partial charge in [0.25, 0.3) is 0 Å². The van der Waals surface area contributed by atoms with E-state index in [0.717, 1.165) is 24.0 Å². The van der Waals surface area contributed by atoms with Crippen LogP contribution in [-0.4, -0.2) is 18.6 Å². The Hall–Kier alpha value is -2.13. The minimum absolute atomic E-state index is 0.105. The van der Waals surface area contributed by atoms with E-state index in [4.69, 9.17) is 10.5 Å². The highest BCUT2D eigenvalue weighted by molar-refractivity contribution is 5.90. The molecule has 0 unspecified atom stereocenters. The van der Waals surface area contributed by atoms with Gasteiger partial charge in [0.05, 0.1) is 11.7 Å². The lowest BCUT2D eigenvalue weighted by molar-refractivity contribution is 0.0378. The van der Waals surface area contributed by atoms with Crippen molar-refractivity contribution in [1.82, 2.24) is 0 Å². The maximum atomic E-state index is 11.8. The smallest absolute Gasteiger partial charge is 0.338 e. The maximum Gasteiger partial charge on any atom is 0.338 e. The number of hydrogen-bond acceptors (Lipinski definition) is 3.